The first-order chi connectivity index (χ1) is 11.7. The van der Waals surface area contributed by atoms with Crippen LogP contribution in [0.15, 0.2) is 48.5 Å². The lowest BCUT2D eigenvalue weighted by molar-refractivity contribution is 0.177. The van der Waals surface area contributed by atoms with Gasteiger partial charge in [0.2, 0.25) is 0 Å². The van der Waals surface area contributed by atoms with Crippen LogP contribution in [0.2, 0.25) is 0 Å². The predicted octanol–water partition coefficient (Wildman–Crippen LogP) is 3.75. The van der Waals surface area contributed by atoms with Crippen molar-refractivity contribution in [2.75, 3.05) is 13.1 Å². The van der Waals surface area contributed by atoms with Crippen molar-refractivity contribution in [2.45, 2.75) is 24.8 Å². The van der Waals surface area contributed by atoms with Crippen LogP contribution in [0.1, 0.15) is 29.5 Å². The third kappa shape index (κ3) is 3.15. The van der Waals surface area contributed by atoms with E-state index in [9.17, 15) is 9.65 Å². The summed E-state index contributed by atoms with van der Waals surface area (Å²) in [5.41, 5.74) is 1.55. The number of nitrogens with zero attached hydrogens (tertiary/aromatic N) is 3. The molecule has 0 amide bonds. The normalized spacial score (nSPS) is 17.0. The van der Waals surface area contributed by atoms with Crippen molar-refractivity contribution in [3.8, 4) is 12.1 Å². The van der Waals surface area contributed by atoms with E-state index < -0.39 is 5.41 Å². The smallest absolute Gasteiger partial charge is 0.129 e. The Morgan fingerprint density at radius 1 is 1.04 bits per heavy atom. The average molecular weight is 319 g/mol. The molecule has 1 saturated heterocycles. The molecule has 0 atom stereocenters. The van der Waals surface area contributed by atoms with Crippen molar-refractivity contribution in [1.82, 2.24) is 4.90 Å². The Morgan fingerprint density at radius 2 is 1.75 bits per heavy atom. The summed E-state index contributed by atoms with van der Waals surface area (Å²) in [6, 6.07) is 19.0. The molecule has 0 N–H and O–H groups in total. The molecule has 1 aliphatic rings. The van der Waals surface area contributed by atoms with Crippen molar-refractivity contribution in [3.63, 3.8) is 0 Å². The molecule has 0 radical (unpaired) electrons. The Labute approximate surface area is 141 Å². The number of halogens is 1. The van der Waals surface area contributed by atoms with Gasteiger partial charge >= 0.3 is 0 Å². The van der Waals surface area contributed by atoms with E-state index >= 15 is 0 Å². The minimum atomic E-state index is -0.443. The standard InChI is InChI=1S/C20H18FN3/c21-19-12-16(13-22)6-7-17(19)14-24-10-8-20(15-23,9-11-24)18-4-2-1-3-5-18/h1-7,12H,8-11,14H2. The van der Waals surface area contributed by atoms with Gasteiger partial charge in [-0.2, -0.15) is 10.5 Å². The fourth-order valence-corrected chi connectivity index (χ4v) is 3.30. The van der Waals surface area contributed by atoms with Crippen LogP contribution >= 0.6 is 0 Å². The van der Waals surface area contributed by atoms with Gasteiger partial charge in [-0.15, -0.1) is 0 Å². The zero-order valence-corrected chi connectivity index (χ0v) is 13.4. The molecule has 1 aliphatic heterocycles. The Kier molecular flexibility index (Phi) is 4.60. The lowest BCUT2D eigenvalue weighted by Gasteiger charge is -2.37. The molecule has 3 rings (SSSR count). The average Bonchev–Trinajstić information content (AvgIpc) is 2.65. The third-order valence-corrected chi connectivity index (χ3v) is 4.83. The highest BCUT2D eigenvalue weighted by Gasteiger charge is 2.36. The van der Waals surface area contributed by atoms with Gasteiger partial charge in [0.25, 0.3) is 0 Å². The monoisotopic (exact) mass is 319 g/mol. The number of hydrogen-bond acceptors (Lipinski definition) is 3. The van der Waals surface area contributed by atoms with Crippen LogP contribution in [-0.2, 0) is 12.0 Å². The van der Waals surface area contributed by atoms with Gasteiger partial charge in [-0.1, -0.05) is 36.4 Å². The molecule has 0 spiro atoms. The first kappa shape index (κ1) is 16.2. The van der Waals surface area contributed by atoms with Crippen LogP contribution in [0.4, 0.5) is 4.39 Å². The van der Waals surface area contributed by atoms with Crippen LogP contribution in [0.5, 0.6) is 0 Å². The fraction of sp³-hybridized carbons (Fsp3) is 0.300. The van der Waals surface area contributed by atoms with Crippen molar-refractivity contribution in [2.24, 2.45) is 0 Å². The lowest BCUT2D eigenvalue weighted by atomic mass is 9.74. The van der Waals surface area contributed by atoms with Gasteiger partial charge < -0.3 is 0 Å². The Balaban J connectivity index is 1.69. The fourth-order valence-electron chi connectivity index (χ4n) is 3.30. The second kappa shape index (κ2) is 6.83. The number of hydrogen-bond donors (Lipinski definition) is 0. The highest BCUT2D eigenvalue weighted by molar-refractivity contribution is 5.34. The van der Waals surface area contributed by atoms with Gasteiger partial charge in [-0.3, -0.25) is 4.90 Å². The largest absolute Gasteiger partial charge is 0.299 e. The van der Waals surface area contributed by atoms with Crippen molar-refractivity contribution < 1.29 is 4.39 Å². The summed E-state index contributed by atoms with van der Waals surface area (Å²) in [4.78, 5) is 2.17. The Morgan fingerprint density at radius 3 is 2.33 bits per heavy atom. The summed E-state index contributed by atoms with van der Waals surface area (Å²) in [5.74, 6) is -0.339. The summed E-state index contributed by atoms with van der Waals surface area (Å²) < 4.78 is 14.0. The molecule has 0 aliphatic carbocycles. The first-order valence-corrected chi connectivity index (χ1v) is 8.04. The molecule has 2 aromatic rings. The summed E-state index contributed by atoms with van der Waals surface area (Å²) >= 11 is 0. The quantitative estimate of drug-likeness (QED) is 0.865. The van der Waals surface area contributed by atoms with Crippen molar-refractivity contribution in [1.29, 1.82) is 10.5 Å². The van der Waals surface area contributed by atoms with Gasteiger partial charge in [0, 0.05) is 25.2 Å². The Bertz CT molecular complexity index is 794. The van der Waals surface area contributed by atoms with E-state index in [1.165, 1.54) is 6.07 Å². The summed E-state index contributed by atoms with van der Waals surface area (Å²) in [7, 11) is 0. The maximum Gasteiger partial charge on any atom is 0.129 e. The predicted molar refractivity (Wildman–Crippen MR) is 89.4 cm³/mol. The molecule has 1 fully saturated rings. The number of piperidine rings is 1. The lowest BCUT2D eigenvalue weighted by Crippen LogP contribution is -2.41. The maximum atomic E-state index is 14.0. The van der Waals surface area contributed by atoms with Crippen LogP contribution in [0.3, 0.4) is 0 Å². The van der Waals surface area contributed by atoms with Crippen molar-refractivity contribution >= 4 is 0 Å². The first-order valence-electron chi connectivity index (χ1n) is 8.04. The van der Waals surface area contributed by atoms with Crippen molar-refractivity contribution in [3.05, 3.63) is 71.0 Å². The molecule has 0 aromatic heterocycles. The van der Waals surface area contributed by atoms with E-state index in [-0.39, 0.29) is 5.82 Å². The highest BCUT2D eigenvalue weighted by atomic mass is 19.1. The van der Waals surface area contributed by atoms with Gasteiger partial charge in [-0.05, 0) is 30.5 Å². The molecule has 0 bridgehead atoms. The zero-order valence-electron chi connectivity index (χ0n) is 13.4. The van der Waals surface area contributed by atoms with Gasteiger partial charge in [-0.25, -0.2) is 4.39 Å². The van der Waals surface area contributed by atoms with E-state index in [2.05, 4.69) is 11.0 Å². The topological polar surface area (TPSA) is 50.8 Å². The summed E-state index contributed by atoms with van der Waals surface area (Å²) in [5, 5.41) is 18.5. The molecule has 0 saturated carbocycles. The molecule has 4 heteroatoms. The molecular weight excluding hydrogens is 301 g/mol. The van der Waals surface area contributed by atoms with E-state index in [0.717, 1.165) is 31.5 Å². The molecular formula is C20H18FN3. The van der Waals surface area contributed by atoms with Gasteiger partial charge in [0.15, 0.2) is 0 Å². The highest BCUT2D eigenvalue weighted by Crippen LogP contribution is 2.35. The Hall–Kier alpha value is -2.69. The zero-order chi connectivity index (χ0) is 17.0. The molecule has 1 heterocycles. The van der Waals surface area contributed by atoms with E-state index in [1.54, 1.807) is 12.1 Å². The van der Waals surface area contributed by atoms with Gasteiger partial charge in [0.05, 0.1) is 23.1 Å². The maximum absolute atomic E-state index is 14.0. The minimum Gasteiger partial charge on any atom is -0.299 e. The minimum absolute atomic E-state index is 0.336. The second-order valence-corrected chi connectivity index (χ2v) is 6.25. The van der Waals surface area contributed by atoms with E-state index in [1.807, 2.05) is 36.4 Å². The molecule has 24 heavy (non-hydrogen) atoms. The summed E-state index contributed by atoms with van der Waals surface area (Å²) in [6.07, 6.45) is 1.48. The van der Waals surface area contributed by atoms with Crippen LogP contribution in [0, 0.1) is 28.5 Å². The molecule has 2 aromatic carbocycles. The SMILES string of the molecule is N#Cc1ccc(CN2CCC(C#N)(c3ccccc3)CC2)c(F)c1. The third-order valence-electron chi connectivity index (χ3n) is 4.83. The molecule has 0 unspecified atom stereocenters. The number of likely N-dealkylation sites (tertiary alicyclic amines) is 1. The van der Waals surface area contributed by atoms with Crippen LogP contribution in [0.25, 0.3) is 0 Å². The number of benzene rings is 2. The molecule has 120 valence electrons. The number of rotatable bonds is 3. The van der Waals surface area contributed by atoms with Crippen LogP contribution < -0.4 is 0 Å². The second-order valence-electron chi connectivity index (χ2n) is 6.25. The van der Waals surface area contributed by atoms with E-state index in [4.69, 9.17) is 5.26 Å². The molecule has 3 nitrogen and oxygen atoms in total. The van der Waals surface area contributed by atoms with Crippen LogP contribution in [-0.4, -0.2) is 18.0 Å². The van der Waals surface area contributed by atoms with Gasteiger partial charge in [0.1, 0.15) is 5.82 Å². The number of nitriles is 2. The summed E-state index contributed by atoms with van der Waals surface area (Å²) in [6.45, 7) is 2.01. The van der Waals surface area contributed by atoms with E-state index in [0.29, 0.717) is 17.7 Å².